The summed E-state index contributed by atoms with van der Waals surface area (Å²) in [5.41, 5.74) is 2.39. The smallest absolute Gasteiger partial charge is 0.0784 e. The molecular weight excluding hydrogens is 162 g/mol. The Morgan fingerprint density at radius 1 is 1.31 bits per heavy atom. The monoisotopic (exact) mass is 175 g/mol. The van der Waals surface area contributed by atoms with Crippen molar-refractivity contribution in [3.05, 3.63) is 47.5 Å². The SMILES string of the molecule is Cc1ccc(C2C=CCN2O)cc1. The predicted molar refractivity (Wildman–Crippen MR) is 51.6 cm³/mol. The van der Waals surface area contributed by atoms with Crippen LogP contribution in [-0.4, -0.2) is 16.8 Å². The van der Waals surface area contributed by atoms with Gasteiger partial charge >= 0.3 is 0 Å². The number of hydrogen-bond donors (Lipinski definition) is 1. The van der Waals surface area contributed by atoms with Crippen molar-refractivity contribution in [2.24, 2.45) is 0 Å². The molecule has 0 saturated heterocycles. The minimum Gasteiger partial charge on any atom is -0.313 e. The first kappa shape index (κ1) is 8.48. The molecule has 1 aliphatic rings. The highest BCUT2D eigenvalue weighted by Crippen LogP contribution is 2.24. The van der Waals surface area contributed by atoms with Crippen LogP contribution in [0.4, 0.5) is 0 Å². The first-order valence-electron chi connectivity index (χ1n) is 4.46. The van der Waals surface area contributed by atoms with E-state index in [1.165, 1.54) is 10.6 Å². The van der Waals surface area contributed by atoms with Crippen LogP contribution < -0.4 is 0 Å². The lowest BCUT2D eigenvalue weighted by Gasteiger charge is -2.17. The third kappa shape index (κ3) is 1.64. The summed E-state index contributed by atoms with van der Waals surface area (Å²) >= 11 is 0. The van der Waals surface area contributed by atoms with Gasteiger partial charge in [-0.05, 0) is 12.5 Å². The average molecular weight is 175 g/mol. The van der Waals surface area contributed by atoms with Gasteiger partial charge in [0.25, 0.3) is 0 Å². The highest BCUT2D eigenvalue weighted by molar-refractivity contribution is 5.28. The summed E-state index contributed by atoms with van der Waals surface area (Å²) < 4.78 is 0. The summed E-state index contributed by atoms with van der Waals surface area (Å²) in [7, 11) is 0. The Morgan fingerprint density at radius 3 is 2.54 bits per heavy atom. The maximum absolute atomic E-state index is 9.48. The Hall–Kier alpha value is -1.12. The van der Waals surface area contributed by atoms with Crippen LogP contribution in [0.3, 0.4) is 0 Å². The van der Waals surface area contributed by atoms with Crippen molar-refractivity contribution in [1.82, 2.24) is 5.06 Å². The average Bonchev–Trinajstić information content (AvgIpc) is 2.53. The van der Waals surface area contributed by atoms with Crippen molar-refractivity contribution in [2.75, 3.05) is 6.54 Å². The molecule has 1 heterocycles. The molecule has 0 amide bonds. The molecule has 1 N–H and O–H groups in total. The molecule has 2 nitrogen and oxygen atoms in total. The van der Waals surface area contributed by atoms with E-state index in [2.05, 4.69) is 31.2 Å². The zero-order valence-electron chi connectivity index (χ0n) is 7.64. The van der Waals surface area contributed by atoms with Gasteiger partial charge in [0.05, 0.1) is 6.04 Å². The van der Waals surface area contributed by atoms with Crippen LogP contribution in [-0.2, 0) is 0 Å². The first-order chi connectivity index (χ1) is 6.27. The molecule has 1 aromatic rings. The second-order valence-corrected chi connectivity index (χ2v) is 3.41. The molecule has 0 aliphatic carbocycles. The summed E-state index contributed by atoms with van der Waals surface area (Å²) in [6, 6.07) is 8.28. The van der Waals surface area contributed by atoms with Gasteiger partial charge < -0.3 is 5.21 Å². The van der Waals surface area contributed by atoms with Gasteiger partial charge in [-0.3, -0.25) is 0 Å². The normalized spacial score (nSPS) is 22.5. The van der Waals surface area contributed by atoms with Crippen LogP contribution in [0.5, 0.6) is 0 Å². The van der Waals surface area contributed by atoms with Gasteiger partial charge in [-0.15, -0.1) is 0 Å². The van der Waals surface area contributed by atoms with Crippen molar-refractivity contribution in [1.29, 1.82) is 0 Å². The van der Waals surface area contributed by atoms with Gasteiger partial charge in [-0.2, -0.15) is 5.06 Å². The third-order valence-corrected chi connectivity index (χ3v) is 2.35. The highest BCUT2D eigenvalue weighted by Gasteiger charge is 2.18. The first-order valence-corrected chi connectivity index (χ1v) is 4.46. The maximum Gasteiger partial charge on any atom is 0.0784 e. The van der Waals surface area contributed by atoms with E-state index in [1.54, 1.807) is 0 Å². The van der Waals surface area contributed by atoms with E-state index in [1.807, 2.05) is 12.2 Å². The fourth-order valence-electron chi connectivity index (χ4n) is 1.56. The standard InChI is InChI=1S/C11H13NO/c1-9-4-6-10(7-5-9)11-3-2-8-12(11)13/h2-7,11,13H,8H2,1H3. The molecule has 13 heavy (non-hydrogen) atoms. The van der Waals surface area contributed by atoms with E-state index in [4.69, 9.17) is 0 Å². The third-order valence-electron chi connectivity index (χ3n) is 2.35. The van der Waals surface area contributed by atoms with E-state index >= 15 is 0 Å². The lowest BCUT2D eigenvalue weighted by molar-refractivity contribution is -0.0966. The van der Waals surface area contributed by atoms with Gasteiger partial charge in [0.2, 0.25) is 0 Å². The number of aryl methyl sites for hydroxylation is 1. The summed E-state index contributed by atoms with van der Waals surface area (Å²) in [5.74, 6) is 0. The number of benzene rings is 1. The molecular formula is C11H13NO. The molecule has 0 spiro atoms. The number of nitrogens with zero attached hydrogens (tertiary/aromatic N) is 1. The van der Waals surface area contributed by atoms with Crippen molar-refractivity contribution in [3.63, 3.8) is 0 Å². The van der Waals surface area contributed by atoms with E-state index < -0.39 is 0 Å². The van der Waals surface area contributed by atoms with Crippen LogP contribution in [0.2, 0.25) is 0 Å². The molecule has 68 valence electrons. The van der Waals surface area contributed by atoms with Crippen LogP contribution in [0.25, 0.3) is 0 Å². The minimum absolute atomic E-state index is 0.0422. The van der Waals surface area contributed by atoms with Crippen molar-refractivity contribution in [2.45, 2.75) is 13.0 Å². The molecule has 2 rings (SSSR count). The molecule has 1 aromatic carbocycles. The molecule has 0 fully saturated rings. The van der Waals surface area contributed by atoms with Crippen LogP contribution in [0.15, 0.2) is 36.4 Å². The number of rotatable bonds is 1. The van der Waals surface area contributed by atoms with E-state index in [0.29, 0.717) is 6.54 Å². The van der Waals surface area contributed by atoms with E-state index in [0.717, 1.165) is 5.56 Å². The van der Waals surface area contributed by atoms with Gasteiger partial charge in [-0.1, -0.05) is 42.0 Å². The highest BCUT2D eigenvalue weighted by atomic mass is 16.5. The number of hydroxylamine groups is 2. The Kier molecular flexibility index (Phi) is 2.17. The van der Waals surface area contributed by atoms with Gasteiger partial charge in [0.15, 0.2) is 0 Å². The zero-order valence-corrected chi connectivity index (χ0v) is 7.64. The molecule has 1 aliphatic heterocycles. The maximum atomic E-state index is 9.48. The Balaban J connectivity index is 2.25. The second kappa shape index (κ2) is 3.32. The quantitative estimate of drug-likeness (QED) is 0.662. The van der Waals surface area contributed by atoms with Crippen molar-refractivity contribution in [3.8, 4) is 0 Å². The Morgan fingerprint density at radius 2 is 2.00 bits per heavy atom. The summed E-state index contributed by atoms with van der Waals surface area (Å²) in [6.45, 7) is 2.68. The van der Waals surface area contributed by atoms with Gasteiger partial charge in [-0.25, -0.2) is 0 Å². The topological polar surface area (TPSA) is 23.5 Å². The van der Waals surface area contributed by atoms with Crippen LogP contribution in [0, 0.1) is 6.92 Å². The van der Waals surface area contributed by atoms with Crippen molar-refractivity contribution >= 4 is 0 Å². The minimum atomic E-state index is 0.0422. The van der Waals surface area contributed by atoms with Crippen molar-refractivity contribution < 1.29 is 5.21 Å². The largest absolute Gasteiger partial charge is 0.313 e. The predicted octanol–water partition coefficient (Wildman–Crippen LogP) is 2.30. The Bertz CT molecular complexity index is 315. The molecule has 1 atom stereocenters. The summed E-state index contributed by atoms with van der Waals surface area (Å²) in [5, 5.41) is 10.8. The lowest BCUT2D eigenvalue weighted by atomic mass is 10.1. The van der Waals surface area contributed by atoms with Crippen LogP contribution >= 0.6 is 0 Å². The fraction of sp³-hybridized carbons (Fsp3) is 0.273. The molecule has 1 unspecified atom stereocenters. The van der Waals surface area contributed by atoms with E-state index in [9.17, 15) is 5.21 Å². The number of hydrogen-bond acceptors (Lipinski definition) is 2. The molecule has 0 bridgehead atoms. The Labute approximate surface area is 78.1 Å². The second-order valence-electron chi connectivity index (χ2n) is 3.41. The molecule has 0 radical (unpaired) electrons. The molecule has 0 saturated carbocycles. The zero-order chi connectivity index (χ0) is 9.26. The van der Waals surface area contributed by atoms with Crippen LogP contribution in [0.1, 0.15) is 17.2 Å². The lowest BCUT2D eigenvalue weighted by Crippen LogP contribution is -2.18. The van der Waals surface area contributed by atoms with E-state index in [-0.39, 0.29) is 6.04 Å². The summed E-state index contributed by atoms with van der Waals surface area (Å²) in [4.78, 5) is 0. The molecule has 2 heteroatoms. The van der Waals surface area contributed by atoms with Gasteiger partial charge in [0, 0.05) is 6.54 Å². The van der Waals surface area contributed by atoms with Gasteiger partial charge in [0.1, 0.15) is 0 Å². The summed E-state index contributed by atoms with van der Waals surface area (Å²) in [6.07, 6.45) is 4.00. The fourth-order valence-corrected chi connectivity index (χ4v) is 1.56. The molecule has 0 aromatic heterocycles.